The minimum absolute atomic E-state index is 0.316. The van der Waals surface area contributed by atoms with E-state index >= 15 is 0 Å². The third-order valence-electron chi connectivity index (χ3n) is 4.15. The second-order valence-electron chi connectivity index (χ2n) is 5.86. The lowest BCUT2D eigenvalue weighted by Crippen LogP contribution is -2.07. The number of aliphatic carboxylic acids is 1. The van der Waals surface area contributed by atoms with Crippen molar-refractivity contribution in [3.05, 3.63) is 70.3 Å². The zero-order chi connectivity index (χ0) is 18.4. The van der Waals surface area contributed by atoms with Crippen molar-refractivity contribution in [2.45, 2.75) is 34.6 Å². The first-order chi connectivity index (χ1) is 11.2. The van der Waals surface area contributed by atoms with E-state index in [9.17, 15) is 9.90 Å². The molecule has 1 aromatic carbocycles. The maximum absolute atomic E-state index is 11.9. The van der Waals surface area contributed by atoms with Crippen molar-refractivity contribution < 1.29 is 14.6 Å². The highest BCUT2D eigenvalue weighted by Gasteiger charge is 2.20. The summed E-state index contributed by atoms with van der Waals surface area (Å²) in [7, 11) is 1.62. The van der Waals surface area contributed by atoms with Gasteiger partial charge >= 0.3 is 5.97 Å². The molecule has 0 atom stereocenters. The Bertz CT molecular complexity index is 747. The van der Waals surface area contributed by atoms with Gasteiger partial charge in [0, 0.05) is 0 Å². The summed E-state index contributed by atoms with van der Waals surface area (Å²) in [5, 5.41) is 9.76. The Morgan fingerprint density at radius 2 is 1.83 bits per heavy atom. The highest BCUT2D eigenvalue weighted by molar-refractivity contribution is 6.18. The van der Waals surface area contributed by atoms with E-state index in [0.29, 0.717) is 11.1 Å². The molecule has 24 heavy (non-hydrogen) atoms. The highest BCUT2D eigenvalue weighted by Crippen LogP contribution is 2.33. The molecular formula is C21H26O3. The predicted molar refractivity (Wildman–Crippen MR) is 101 cm³/mol. The summed E-state index contributed by atoms with van der Waals surface area (Å²) in [6.07, 6.45) is 7.31. The van der Waals surface area contributed by atoms with E-state index < -0.39 is 5.97 Å². The van der Waals surface area contributed by atoms with E-state index in [0.717, 1.165) is 33.6 Å². The summed E-state index contributed by atoms with van der Waals surface area (Å²) in [6.45, 7) is 13.2. The fourth-order valence-electron chi connectivity index (χ4n) is 2.61. The second-order valence-corrected chi connectivity index (χ2v) is 5.86. The minimum Gasteiger partial charge on any atom is -0.496 e. The van der Waals surface area contributed by atoms with Crippen LogP contribution in [0.1, 0.15) is 36.1 Å². The molecule has 0 saturated carbocycles. The van der Waals surface area contributed by atoms with E-state index in [-0.39, 0.29) is 0 Å². The molecule has 0 heterocycles. The number of ether oxygens (including phenoxy) is 1. The van der Waals surface area contributed by atoms with Crippen molar-refractivity contribution in [1.29, 1.82) is 0 Å². The van der Waals surface area contributed by atoms with Gasteiger partial charge in [0.05, 0.1) is 12.7 Å². The zero-order valence-corrected chi connectivity index (χ0v) is 15.4. The molecule has 0 aliphatic heterocycles. The molecule has 3 heteroatoms. The number of carboxylic acids is 1. The molecule has 0 fully saturated rings. The van der Waals surface area contributed by atoms with Gasteiger partial charge in [-0.2, -0.15) is 0 Å². The third-order valence-corrected chi connectivity index (χ3v) is 4.15. The smallest absolute Gasteiger partial charge is 0.336 e. The van der Waals surface area contributed by atoms with E-state index in [1.165, 1.54) is 0 Å². The maximum Gasteiger partial charge on any atom is 0.336 e. The van der Waals surface area contributed by atoms with Crippen molar-refractivity contribution in [2.75, 3.05) is 7.11 Å². The van der Waals surface area contributed by atoms with Gasteiger partial charge in [0.15, 0.2) is 0 Å². The molecule has 1 aromatic rings. The number of allylic oxidation sites excluding steroid dienone is 6. The zero-order valence-electron chi connectivity index (χ0n) is 15.4. The van der Waals surface area contributed by atoms with Gasteiger partial charge in [0.1, 0.15) is 5.75 Å². The summed E-state index contributed by atoms with van der Waals surface area (Å²) in [6, 6.07) is 1.89. The van der Waals surface area contributed by atoms with Crippen LogP contribution in [0.4, 0.5) is 0 Å². The molecule has 0 amide bonds. The summed E-state index contributed by atoms with van der Waals surface area (Å²) >= 11 is 0. The molecule has 1 N–H and O–H groups in total. The quantitative estimate of drug-likeness (QED) is 0.579. The molecular weight excluding hydrogens is 300 g/mol. The summed E-state index contributed by atoms with van der Waals surface area (Å²) in [5.41, 5.74) is 5.56. The van der Waals surface area contributed by atoms with Gasteiger partial charge in [0.2, 0.25) is 0 Å². The molecule has 0 radical (unpaired) electrons. The number of carbonyl (C=O) groups is 1. The van der Waals surface area contributed by atoms with Crippen LogP contribution in [0.5, 0.6) is 5.75 Å². The molecule has 0 aromatic heterocycles. The van der Waals surface area contributed by atoms with Gasteiger partial charge in [-0.15, -0.1) is 0 Å². The second kappa shape index (κ2) is 8.34. The Balaban J connectivity index is 3.58. The largest absolute Gasteiger partial charge is 0.496 e. The van der Waals surface area contributed by atoms with Crippen molar-refractivity contribution in [3.63, 3.8) is 0 Å². The van der Waals surface area contributed by atoms with Gasteiger partial charge in [0.25, 0.3) is 0 Å². The Kier molecular flexibility index (Phi) is 6.78. The average molecular weight is 326 g/mol. The van der Waals surface area contributed by atoms with Gasteiger partial charge in [-0.25, -0.2) is 4.79 Å². The summed E-state index contributed by atoms with van der Waals surface area (Å²) in [4.78, 5) is 11.9. The fourth-order valence-corrected chi connectivity index (χ4v) is 2.61. The Morgan fingerprint density at radius 3 is 2.33 bits per heavy atom. The number of rotatable bonds is 6. The fraction of sp³-hybridized carbons (Fsp3) is 0.286. The van der Waals surface area contributed by atoms with Crippen LogP contribution >= 0.6 is 0 Å². The van der Waals surface area contributed by atoms with Crippen molar-refractivity contribution in [2.24, 2.45) is 0 Å². The predicted octanol–water partition coefficient (Wildman–Crippen LogP) is 5.17. The molecule has 0 saturated heterocycles. The number of benzene rings is 1. The Labute approximate surface area is 144 Å². The van der Waals surface area contributed by atoms with Gasteiger partial charge in [-0.1, -0.05) is 36.5 Å². The lowest BCUT2D eigenvalue weighted by atomic mass is 9.89. The first-order valence-electron chi connectivity index (χ1n) is 7.81. The minimum atomic E-state index is -0.933. The number of methoxy groups -OCH3 is 1. The van der Waals surface area contributed by atoms with Crippen molar-refractivity contribution >= 4 is 11.5 Å². The van der Waals surface area contributed by atoms with Gasteiger partial charge in [-0.3, -0.25) is 0 Å². The average Bonchev–Trinajstić information content (AvgIpc) is 2.53. The van der Waals surface area contributed by atoms with Gasteiger partial charge in [-0.05, 0) is 68.5 Å². The van der Waals surface area contributed by atoms with Crippen LogP contribution in [0.2, 0.25) is 0 Å². The van der Waals surface area contributed by atoms with Crippen LogP contribution < -0.4 is 4.74 Å². The van der Waals surface area contributed by atoms with E-state index in [4.69, 9.17) is 4.74 Å². The monoisotopic (exact) mass is 326 g/mol. The van der Waals surface area contributed by atoms with Crippen molar-refractivity contribution in [3.8, 4) is 5.75 Å². The number of hydrogen-bond acceptors (Lipinski definition) is 2. The SMILES string of the molecule is C=CC(C)=CC=CC(C)=C(C(=O)O)c1c(C)cc(OC)c(C)c1C. The molecule has 0 unspecified atom stereocenters. The van der Waals surface area contributed by atoms with E-state index in [1.54, 1.807) is 13.2 Å². The Morgan fingerprint density at radius 1 is 1.21 bits per heavy atom. The summed E-state index contributed by atoms with van der Waals surface area (Å²) in [5.74, 6) is -0.159. The molecule has 0 aliphatic carbocycles. The lowest BCUT2D eigenvalue weighted by molar-refractivity contribution is -0.130. The summed E-state index contributed by atoms with van der Waals surface area (Å²) < 4.78 is 5.37. The standard InChI is InChI=1S/C21H26O3/c1-8-13(2)10-9-11-14(3)20(21(22)23)19-15(4)12-18(24-7)16(5)17(19)6/h8-12H,1H2,2-7H3,(H,22,23). The first-order valence-corrected chi connectivity index (χ1v) is 7.81. The molecule has 0 bridgehead atoms. The molecule has 3 nitrogen and oxygen atoms in total. The number of hydrogen-bond donors (Lipinski definition) is 1. The maximum atomic E-state index is 11.9. The molecule has 1 rings (SSSR count). The van der Waals surface area contributed by atoms with Crippen LogP contribution in [-0.2, 0) is 4.79 Å². The molecule has 0 spiro atoms. The third kappa shape index (κ3) is 4.25. The van der Waals surface area contributed by atoms with Crippen LogP contribution in [0, 0.1) is 20.8 Å². The first kappa shape index (κ1) is 19.5. The number of carboxylic acid groups (broad SMARTS) is 1. The van der Waals surface area contributed by atoms with Gasteiger partial charge < -0.3 is 9.84 Å². The highest BCUT2D eigenvalue weighted by atomic mass is 16.5. The van der Waals surface area contributed by atoms with Crippen LogP contribution in [0.25, 0.3) is 5.57 Å². The normalized spacial score (nSPS) is 13.0. The Hall–Kier alpha value is -2.55. The van der Waals surface area contributed by atoms with E-state index in [1.807, 2.05) is 58.9 Å². The van der Waals surface area contributed by atoms with Crippen LogP contribution in [0.3, 0.4) is 0 Å². The molecule has 128 valence electrons. The topological polar surface area (TPSA) is 46.5 Å². The molecule has 0 aliphatic rings. The van der Waals surface area contributed by atoms with E-state index in [2.05, 4.69) is 6.58 Å². The lowest BCUT2D eigenvalue weighted by Gasteiger charge is -2.17. The van der Waals surface area contributed by atoms with Crippen molar-refractivity contribution in [1.82, 2.24) is 0 Å². The number of aryl methyl sites for hydroxylation is 1. The van der Waals surface area contributed by atoms with Crippen LogP contribution in [0.15, 0.2) is 48.1 Å². The van der Waals surface area contributed by atoms with Crippen LogP contribution in [-0.4, -0.2) is 18.2 Å².